The van der Waals surface area contributed by atoms with Gasteiger partial charge in [-0.2, -0.15) is 0 Å². The lowest BCUT2D eigenvalue weighted by Gasteiger charge is -2.23. The van der Waals surface area contributed by atoms with Gasteiger partial charge in [0.1, 0.15) is 0 Å². The molecule has 27 heavy (non-hydrogen) atoms. The smallest absolute Gasteiger partial charge is 0.227 e. The van der Waals surface area contributed by atoms with Gasteiger partial charge < -0.3 is 19.1 Å². The van der Waals surface area contributed by atoms with E-state index in [0.717, 1.165) is 17.5 Å². The number of methoxy groups -OCH3 is 1. The Hall–Kier alpha value is -2.24. The first-order valence-corrected chi connectivity index (χ1v) is 9.44. The summed E-state index contributed by atoms with van der Waals surface area (Å²) < 4.78 is 16.5. The lowest BCUT2D eigenvalue weighted by atomic mass is 10.1. The largest absolute Gasteiger partial charge is 0.489 e. The molecule has 0 saturated heterocycles. The molecule has 0 N–H and O–H groups in total. The highest BCUT2D eigenvalue weighted by Crippen LogP contribution is 2.38. The van der Waals surface area contributed by atoms with Crippen molar-refractivity contribution in [3.05, 3.63) is 58.6 Å². The van der Waals surface area contributed by atoms with Crippen LogP contribution in [0.3, 0.4) is 0 Å². The van der Waals surface area contributed by atoms with E-state index in [9.17, 15) is 4.79 Å². The summed E-state index contributed by atoms with van der Waals surface area (Å²) >= 11 is 6.35. The molecule has 0 unspecified atom stereocenters. The molecule has 6 heteroatoms. The summed E-state index contributed by atoms with van der Waals surface area (Å²) in [5, 5.41) is 0.476. The second-order valence-electron chi connectivity index (χ2n) is 6.43. The Labute approximate surface area is 164 Å². The first-order valence-electron chi connectivity index (χ1n) is 9.06. The van der Waals surface area contributed by atoms with Gasteiger partial charge in [-0.05, 0) is 23.3 Å². The van der Waals surface area contributed by atoms with Crippen LogP contribution in [0.1, 0.15) is 17.5 Å². The quantitative estimate of drug-likeness (QED) is 0.724. The normalized spacial score (nSPS) is 13.1. The molecule has 2 aromatic carbocycles. The maximum Gasteiger partial charge on any atom is 0.227 e. The molecule has 1 aliphatic rings. The van der Waals surface area contributed by atoms with Crippen molar-refractivity contribution in [2.45, 2.75) is 19.4 Å². The van der Waals surface area contributed by atoms with Gasteiger partial charge in [-0.25, -0.2) is 0 Å². The van der Waals surface area contributed by atoms with Gasteiger partial charge in [0.05, 0.1) is 31.3 Å². The zero-order valence-electron chi connectivity index (χ0n) is 15.4. The lowest BCUT2D eigenvalue weighted by Crippen LogP contribution is -2.34. The van der Waals surface area contributed by atoms with Crippen LogP contribution in [0.15, 0.2) is 42.5 Å². The zero-order valence-corrected chi connectivity index (χ0v) is 16.2. The summed E-state index contributed by atoms with van der Waals surface area (Å²) in [6.45, 7) is 2.71. The number of hydrogen-bond acceptors (Lipinski definition) is 4. The van der Waals surface area contributed by atoms with Crippen molar-refractivity contribution in [2.75, 3.05) is 33.5 Å². The van der Waals surface area contributed by atoms with Crippen LogP contribution in [0.4, 0.5) is 0 Å². The molecule has 0 saturated carbocycles. The summed E-state index contributed by atoms with van der Waals surface area (Å²) in [7, 11) is 1.63. The molecule has 1 heterocycles. The number of amides is 1. The van der Waals surface area contributed by atoms with E-state index in [1.54, 1.807) is 18.1 Å². The van der Waals surface area contributed by atoms with Crippen molar-refractivity contribution in [2.24, 2.45) is 0 Å². The number of benzene rings is 2. The molecule has 0 aliphatic carbocycles. The van der Waals surface area contributed by atoms with Crippen molar-refractivity contribution in [1.82, 2.24) is 4.90 Å². The molecular weight excluding hydrogens is 366 g/mol. The minimum Gasteiger partial charge on any atom is -0.489 e. The Bertz CT molecular complexity index is 766. The summed E-state index contributed by atoms with van der Waals surface area (Å²) in [6, 6.07) is 13.6. The van der Waals surface area contributed by atoms with Crippen molar-refractivity contribution in [3.8, 4) is 11.5 Å². The third-order valence-electron chi connectivity index (χ3n) is 4.35. The Morgan fingerprint density at radius 2 is 1.93 bits per heavy atom. The van der Waals surface area contributed by atoms with Crippen LogP contribution in [0, 0.1) is 0 Å². The molecule has 1 amide bonds. The number of nitrogens with zero attached hydrogens (tertiary/aromatic N) is 1. The molecule has 0 atom stereocenters. The number of rotatable bonds is 7. The van der Waals surface area contributed by atoms with E-state index in [1.807, 2.05) is 36.4 Å². The summed E-state index contributed by atoms with van der Waals surface area (Å²) in [4.78, 5) is 14.7. The highest BCUT2D eigenvalue weighted by Gasteiger charge is 2.19. The maximum absolute atomic E-state index is 12.9. The lowest BCUT2D eigenvalue weighted by molar-refractivity contribution is -0.131. The number of hydrogen-bond donors (Lipinski definition) is 0. The predicted octanol–water partition coefficient (Wildman–Crippen LogP) is 3.72. The average Bonchev–Trinajstić information content (AvgIpc) is 2.91. The van der Waals surface area contributed by atoms with Gasteiger partial charge >= 0.3 is 0 Å². The Morgan fingerprint density at radius 3 is 2.70 bits per heavy atom. The fourth-order valence-corrected chi connectivity index (χ4v) is 3.26. The van der Waals surface area contributed by atoms with Crippen LogP contribution in [-0.4, -0.2) is 44.3 Å². The second-order valence-corrected chi connectivity index (χ2v) is 6.83. The van der Waals surface area contributed by atoms with Gasteiger partial charge in [0, 0.05) is 26.6 Å². The van der Waals surface area contributed by atoms with Crippen LogP contribution in [-0.2, 0) is 22.5 Å². The highest BCUT2D eigenvalue weighted by molar-refractivity contribution is 6.32. The van der Waals surface area contributed by atoms with Gasteiger partial charge in [0.25, 0.3) is 0 Å². The molecule has 0 aromatic heterocycles. The van der Waals surface area contributed by atoms with Crippen LogP contribution in [0.2, 0.25) is 5.02 Å². The van der Waals surface area contributed by atoms with Crippen LogP contribution in [0.25, 0.3) is 0 Å². The predicted molar refractivity (Wildman–Crippen MR) is 104 cm³/mol. The van der Waals surface area contributed by atoms with E-state index in [1.165, 1.54) is 0 Å². The summed E-state index contributed by atoms with van der Waals surface area (Å²) in [5.41, 5.74) is 1.89. The third kappa shape index (κ3) is 5.37. The van der Waals surface area contributed by atoms with E-state index in [0.29, 0.717) is 49.4 Å². The van der Waals surface area contributed by atoms with Crippen molar-refractivity contribution in [3.63, 3.8) is 0 Å². The van der Waals surface area contributed by atoms with Gasteiger partial charge in [0.2, 0.25) is 5.91 Å². The van der Waals surface area contributed by atoms with Crippen LogP contribution < -0.4 is 9.47 Å². The van der Waals surface area contributed by atoms with Gasteiger partial charge in [-0.3, -0.25) is 4.79 Å². The topological polar surface area (TPSA) is 48.0 Å². The minimum atomic E-state index is 0.0152. The molecule has 1 aliphatic heterocycles. The molecule has 0 radical (unpaired) electrons. The molecule has 0 fully saturated rings. The van der Waals surface area contributed by atoms with Crippen molar-refractivity contribution in [1.29, 1.82) is 0 Å². The van der Waals surface area contributed by atoms with Gasteiger partial charge in [-0.1, -0.05) is 41.9 Å². The standard InChI is InChI=1S/C21H24ClNO4/c1-25-11-8-23(15-16-6-3-2-4-7-16)20(24)14-17-12-18(22)21-19(13-17)26-9-5-10-27-21/h2-4,6-7,12-13H,5,8-11,14-15H2,1H3. The number of carbonyl (C=O) groups is 1. The van der Waals surface area contributed by atoms with E-state index in [2.05, 4.69) is 0 Å². The number of ether oxygens (including phenoxy) is 3. The molecule has 5 nitrogen and oxygen atoms in total. The van der Waals surface area contributed by atoms with Gasteiger partial charge in [0.15, 0.2) is 11.5 Å². The number of carbonyl (C=O) groups excluding carboxylic acids is 1. The average molecular weight is 390 g/mol. The third-order valence-corrected chi connectivity index (χ3v) is 4.63. The molecule has 0 spiro atoms. The Morgan fingerprint density at radius 1 is 1.15 bits per heavy atom. The van der Waals surface area contributed by atoms with E-state index >= 15 is 0 Å². The Kier molecular flexibility index (Phi) is 6.96. The summed E-state index contributed by atoms with van der Waals surface area (Å²) in [6.07, 6.45) is 1.05. The summed E-state index contributed by atoms with van der Waals surface area (Å²) in [5.74, 6) is 1.18. The van der Waals surface area contributed by atoms with Crippen molar-refractivity contribution < 1.29 is 19.0 Å². The minimum absolute atomic E-state index is 0.0152. The molecular formula is C21H24ClNO4. The Balaban J connectivity index is 1.74. The first-order chi connectivity index (χ1) is 13.2. The van der Waals surface area contributed by atoms with Crippen LogP contribution in [0.5, 0.6) is 11.5 Å². The molecule has 0 bridgehead atoms. The zero-order chi connectivity index (χ0) is 19.1. The van der Waals surface area contributed by atoms with E-state index < -0.39 is 0 Å². The first kappa shape index (κ1) is 19.5. The number of fused-ring (bicyclic) bond motifs is 1. The van der Waals surface area contributed by atoms with E-state index in [4.69, 9.17) is 25.8 Å². The fraction of sp³-hybridized carbons (Fsp3) is 0.381. The molecule has 144 valence electrons. The van der Waals surface area contributed by atoms with E-state index in [-0.39, 0.29) is 12.3 Å². The fourth-order valence-electron chi connectivity index (χ4n) is 2.97. The second kappa shape index (κ2) is 9.62. The molecule has 3 rings (SSSR count). The van der Waals surface area contributed by atoms with Gasteiger partial charge in [-0.15, -0.1) is 0 Å². The monoisotopic (exact) mass is 389 g/mol. The maximum atomic E-state index is 12.9. The van der Waals surface area contributed by atoms with Crippen LogP contribution >= 0.6 is 11.6 Å². The SMILES string of the molecule is COCCN(Cc1ccccc1)C(=O)Cc1cc(Cl)c2c(c1)OCCCO2. The highest BCUT2D eigenvalue weighted by atomic mass is 35.5. The molecule has 2 aromatic rings. The number of halogens is 1. The van der Waals surface area contributed by atoms with Crippen molar-refractivity contribution >= 4 is 17.5 Å².